The molecular formula is C9H11NS. The van der Waals surface area contributed by atoms with E-state index in [0.29, 0.717) is 0 Å². The van der Waals surface area contributed by atoms with Gasteiger partial charge in [0.1, 0.15) is 0 Å². The van der Waals surface area contributed by atoms with E-state index in [1.165, 1.54) is 23.3 Å². The van der Waals surface area contributed by atoms with Crippen molar-refractivity contribution >= 4 is 11.9 Å². The Hall–Kier alpha value is -0.470. The van der Waals surface area contributed by atoms with E-state index in [2.05, 4.69) is 29.0 Å². The molecule has 0 saturated heterocycles. The van der Waals surface area contributed by atoms with Crippen molar-refractivity contribution in [3.8, 4) is 0 Å². The maximum atomic E-state index is 3.32. The van der Waals surface area contributed by atoms with E-state index >= 15 is 0 Å². The van der Waals surface area contributed by atoms with E-state index in [0.717, 1.165) is 6.54 Å². The van der Waals surface area contributed by atoms with Gasteiger partial charge in [0.25, 0.3) is 0 Å². The summed E-state index contributed by atoms with van der Waals surface area (Å²) < 4.78 is 3.32. The van der Waals surface area contributed by atoms with Crippen molar-refractivity contribution in [1.29, 1.82) is 0 Å². The molecule has 0 bridgehead atoms. The van der Waals surface area contributed by atoms with Crippen molar-refractivity contribution in [2.45, 2.75) is 17.7 Å². The topological polar surface area (TPSA) is 12.0 Å². The summed E-state index contributed by atoms with van der Waals surface area (Å²) in [6.07, 6.45) is 2.47. The molecule has 1 aliphatic heterocycles. The Bertz CT molecular complexity index is 222. The summed E-state index contributed by atoms with van der Waals surface area (Å²) in [7, 11) is 0. The normalized spacial score (nSPS) is 17.1. The third kappa shape index (κ3) is 1.57. The zero-order valence-corrected chi connectivity index (χ0v) is 7.16. The fraction of sp³-hybridized carbons (Fsp3) is 0.333. The quantitative estimate of drug-likeness (QED) is 0.592. The van der Waals surface area contributed by atoms with E-state index in [1.807, 2.05) is 0 Å². The Kier molecular flexibility index (Phi) is 2.15. The number of hydrogen-bond donors (Lipinski definition) is 1. The Morgan fingerprint density at radius 2 is 2.18 bits per heavy atom. The highest BCUT2D eigenvalue weighted by Gasteiger charge is 2.05. The first kappa shape index (κ1) is 7.19. The largest absolute Gasteiger partial charge is 0.260 e. The summed E-state index contributed by atoms with van der Waals surface area (Å²) in [5.74, 6) is 0. The van der Waals surface area contributed by atoms with Crippen molar-refractivity contribution in [2.24, 2.45) is 0 Å². The molecule has 0 unspecified atom stereocenters. The minimum atomic E-state index is 1.12. The summed E-state index contributed by atoms with van der Waals surface area (Å²) in [5, 5.41) is 0. The zero-order chi connectivity index (χ0) is 7.52. The van der Waals surface area contributed by atoms with Crippen molar-refractivity contribution in [1.82, 2.24) is 4.72 Å². The number of rotatable bonds is 0. The van der Waals surface area contributed by atoms with Gasteiger partial charge >= 0.3 is 0 Å². The van der Waals surface area contributed by atoms with Crippen molar-refractivity contribution < 1.29 is 0 Å². The second kappa shape index (κ2) is 3.28. The molecule has 1 N–H and O–H groups in total. The highest BCUT2D eigenvalue weighted by Crippen LogP contribution is 2.23. The first-order valence-electron chi connectivity index (χ1n) is 3.94. The third-order valence-corrected chi connectivity index (χ3v) is 2.85. The van der Waals surface area contributed by atoms with Crippen LogP contribution in [0, 0.1) is 0 Å². The highest BCUT2D eigenvalue weighted by atomic mass is 32.2. The zero-order valence-electron chi connectivity index (χ0n) is 6.34. The Labute approximate surface area is 71.3 Å². The predicted octanol–water partition coefficient (Wildman–Crippen LogP) is 2.23. The van der Waals surface area contributed by atoms with Gasteiger partial charge in [-0.2, -0.15) is 0 Å². The Balaban J connectivity index is 2.33. The second-order valence-corrected chi connectivity index (χ2v) is 3.64. The summed E-state index contributed by atoms with van der Waals surface area (Å²) in [5.41, 5.74) is 1.49. The standard InChI is InChI=1S/C9H11NS/c1-2-6-9-8(4-1)5-3-7-10-11-9/h1-2,4,6,10H,3,5,7H2. The van der Waals surface area contributed by atoms with Gasteiger partial charge in [-0.05, 0) is 36.4 Å². The molecule has 2 heteroatoms. The molecule has 0 radical (unpaired) electrons. The van der Waals surface area contributed by atoms with Crippen LogP contribution in [0.4, 0.5) is 0 Å². The maximum absolute atomic E-state index is 3.32. The van der Waals surface area contributed by atoms with Crippen LogP contribution >= 0.6 is 11.9 Å². The fourth-order valence-electron chi connectivity index (χ4n) is 1.29. The second-order valence-electron chi connectivity index (χ2n) is 2.71. The predicted molar refractivity (Wildman–Crippen MR) is 48.6 cm³/mol. The van der Waals surface area contributed by atoms with Crippen LogP contribution in [0.2, 0.25) is 0 Å². The SMILES string of the molecule is c1ccc2c(c1)CCCNS2. The molecule has 0 fully saturated rings. The molecule has 1 aromatic carbocycles. The van der Waals surface area contributed by atoms with E-state index in [1.54, 1.807) is 11.9 Å². The van der Waals surface area contributed by atoms with Gasteiger partial charge in [0.15, 0.2) is 0 Å². The van der Waals surface area contributed by atoms with Gasteiger partial charge < -0.3 is 0 Å². The molecule has 2 rings (SSSR count). The summed E-state index contributed by atoms with van der Waals surface area (Å²) in [4.78, 5) is 1.39. The molecule has 0 spiro atoms. The lowest BCUT2D eigenvalue weighted by Gasteiger charge is -2.01. The molecule has 0 saturated carbocycles. The van der Waals surface area contributed by atoms with E-state index in [4.69, 9.17) is 0 Å². The number of nitrogens with one attached hydrogen (secondary N) is 1. The minimum absolute atomic E-state index is 1.12. The van der Waals surface area contributed by atoms with Gasteiger partial charge in [-0.3, -0.25) is 4.72 Å². The Morgan fingerprint density at radius 1 is 1.27 bits per heavy atom. The Morgan fingerprint density at radius 3 is 3.18 bits per heavy atom. The lowest BCUT2D eigenvalue weighted by atomic mass is 10.1. The third-order valence-electron chi connectivity index (χ3n) is 1.88. The first-order valence-corrected chi connectivity index (χ1v) is 4.76. The van der Waals surface area contributed by atoms with Crippen LogP contribution in [0.15, 0.2) is 29.2 Å². The van der Waals surface area contributed by atoms with Gasteiger partial charge in [0.05, 0.1) is 0 Å². The van der Waals surface area contributed by atoms with Gasteiger partial charge in [-0.25, -0.2) is 0 Å². The number of fused-ring (bicyclic) bond motifs is 1. The van der Waals surface area contributed by atoms with E-state index in [9.17, 15) is 0 Å². The number of benzene rings is 1. The summed E-state index contributed by atoms with van der Waals surface area (Å²) in [6, 6.07) is 8.61. The van der Waals surface area contributed by atoms with Crippen LogP contribution in [0.3, 0.4) is 0 Å². The molecular weight excluding hydrogens is 154 g/mol. The van der Waals surface area contributed by atoms with Crippen LogP contribution in [0.5, 0.6) is 0 Å². The van der Waals surface area contributed by atoms with E-state index < -0.39 is 0 Å². The van der Waals surface area contributed by atoms with Crippen LogP contribution in [0.25, 0.3) is 0 Å². The molecule has 0 aliphatic carbocycles. The molecule has 1 nitrogen and oxygen atoms in total. The molecule has 0 amide bonds. The van der Waals surface area contributed by atoms with Gasteiger partial charge in [0.2, 0.25) is 0 Å². The van der Waals surface area contributed by atoms with E-state index in [-0.39, 0.29) is 0 Å². The maximum Gasteiger partial charge on any atom is 0.0260 e. The monoisotopic (exact) mass is 165 g/mol. The molecule has 1 heterocycles. The first-order chi connectivity index (χ1) is 5.47. The highest BCUT2D eigenvalue weighted by molar-refractivity contribution is 7.97. The van der Waals surface area contributed by atoms with Gasteiger partial charge in [-0.1, -0.05) is 18.2 Å². The lowest BCUT2D eigenvalue weighted by molar-refractivity contribution is 0.805. The molecule has 11 heavy (non-hydrogen) atoms. The molecule has 1 aliphatic rings. The number of aryl methyl sites for hydroxylation is 1. The molecule has 1 aromatic rings. The van der Waals surface area contributed by atoms with Crippen LogP contribution in [0.1, 0.15) is 12.0 Å². The summed E-state index contributed by atoms with van der Waals surface area (Å²) in [6.45, 7) is 1.12. The van der Waals surface area contributed by atoms with Crippen molar-refractivity contribution in [2.75, 3.05) is 6.54 Å². The van der Waals surface area contributed by atoms with Crippen LogP contribution in [-0.4, -0.2) is 6.54 Å². The smallest absolute Gasteiger partial charge is 0.0260 e. The molecule has 0 aromatic heterocycles. The number of hydrogen-bond acceptors (Lipinski definition) is 2. The fourth-order valence-corrected chi connectivity index (χ4v) is 2.14. The van der Waals surface area contributed by atoms with Crippen molar-refractivity contribution in [3.63, 3.8) is 0 Å². The lowest BCUT2D eigenvalue weighted by Crippen LogP contribution is -2.01. The van der Waals surface area contributed by atoms with Crippen LogP contribution < -0.4 is 4.72 Å². The van der Waals surface area contributed by atoms with Gasteiger partial charge in [-0.15, -0.1) is 0 Å². The molecule has 58 valence electrons. The summed E-state index contributed by atoms with van der Waals surface area (Å²) >= 11 is 1.76. The molecule has 0 atom stereocenters. The van der Waals surface area contributed by atoms with Crippen LogP contribution in [-0.2, 0) is 6.42 Å². The van der Waals surface area contributed by atoms with Gasteiger partial charge in [0, 0.05) is 11.4 Å². The average molecular weight is 165 g/mol. The minimum Gasteiger partial charge on any atom is -0.260 e. The van der Waals surface area contributed by atoms with Crippen molar-refractivity contribution in [3.05, 3.63) is 29.8 Å². The average Bonchev–Trinajstić information content (AvgIpc) is 2.28.